The van der Waals surface area contributed by atoms with Crippen molar-refractivity contribution in [1.29, 1.82) is 0 Å². The molecule has 0 radical (unpaired) electrons. The van der Waals surface area contributed by atoms with Crippen molar-refractivity contribution in [2.45, 2.75) is 50.8 Å². The molecule has 3 heterocycles. The summed E-state index contributed by atoms with van der Waals surface area (Å²) in [5.74, 6) is -0.299. The fraction of sp³-hybridized carbons (Fsp3) is 0.515. The maximum absolute atomic E-state index is 14.6. The molecular weight excluding hydrogens is 597 g/mol. The second-order valence-electron chi connectivity index (χ2n) is 12.2. The minimum atomic E-state index is -0.609. The lowest BCUT2D eigenvalue weighted by molar-refractivity contribution is -0.140. The number of nitrogens with zero attached hydrogens (tertiary/aromatic N) is 3. The van der Waals surface area contributed by atoms with Crippen LogP contribution in [0.3, 0.4) is 0 Å². The molecule has 5 rings (SSSR count). The predicted molar refractivity (Wildman–Crippen MR) is 166 cm³/mol. The van der Waals surface area contributed by atoms with Crippen LogP contribution in [-0.2, 0) is 27.3 Å². The van der Waals surface area contributed by atoms with E-state index in [0.717, 1.165) is 5.56 Å². The molecular formula is C33H42FN5O7. The molecule has 13 heteroatoms. The summed E-state index contributed by atoms with van der Waals surface area (Å²) < 4.78 is 32.2. The first kappa shape index (κ1) is 32.8. The van der Waals surface area contributed by atoms with Crippen molar-refractivity contribution < 1.29 is 37.8 Å². The van der Waals surface area contributed by atoms with E-state index in [1.165, 1.54) is 24.1 Å². The summed E-state index contributed by atoms with van der Waals surface area (Å²) in [4.78, 5) is 56.8. The molecule has 0 unspecified atom stereocenters. The number of carbonyl (C=O) groups excluding carboxylic acids is 4. The Hall–Kier alpha value is -4.55. The standard InChI is InChI=1S/C33H42FN5O7/c1-37(2)33(43)38-11-8-23(9-12-38)32(42)39-13-10-27-26(19-39)36-31(41)20-45-29-16-21(4-6-28(29)44-3)5-7-30(40)35-18-22-14-24(34)17-25(15-22)46-27/h4,6,14-17,23,26-27H,5,7-13,18-20H2,1-3H3,(H,35,40)(H,36,41)/t26-,27-/m1/s1. The van der Waals surface area contributed by atoms with Crippen LogP contribution in [0.2, 0.25) is 0 Å². The van der Waals surface area contributed by atoms with Gasteiger partial charge in [0.25, 0.3) is 5.91 Å². The number of hydrogen-bond acceptors (Lipinski definition) is 7. The van der Waals surface area contributed by atoms with E-state index in [9.17, 15) is 23.6 Å². The van der Waals surface area contributed by atoms with Gasteiger partial charge in [-0.3, -0.25) is 14.4 Å². The van der Waals surface area contributed by atoms with Gasteiger partial charge in [0.05, 0.1) is 13.2 Å². The van der Waals surface area contributed by atoms with E-state index in [1.807, 2.05) is 6.07 Å². The monoisotopic (exact) mass is 639 g/mol. The van der Waals surface area contributed by atoms with Crippen molar-refractivity contribution in [2.24, 2.45) is 5.92 Å². The third-order valence-corrected chi connectivity index (χ3v) is 8.64. The Kier molecular flexibility index (Phi) is 10.5. The molecule has 0 saturated carbocycles. The largest absolute Gasteiger partial charge is 0.493 e. The second-order valence-corrected chi connectivity index (χ2v) is 12.2. The zero-order valence-corrected chi connectivity index (χ0v) is 26.6. The van der Waals surface area contributed by atoms with Crippen molar-refractivity contribution in [3.05, 3.63) is 53.3 Å². The van der Waals surface area contributed by atoms with Crippen LogP contribution >= 0.6 is 0 Å². The van der Waals surface area contributed by atoms with Gasteiger partial charge in [0, 0.05) is 71.6 Å². The van der Waals surface area contributed by atoms with E-state index >= 15 is 0 Å². The summed E-state index contributed by atoms with van der Waals surface area (Å²) in [6.45, 7) is 1.39. The maximum atomic E-state index is 14.6. The Morgan fingerprint density at radius 3 is 2.46 bits per heavy atom. The number of benzene rings is 2. The maximum Gasteiger partial charge on any atom is 0.319 e. The molecule has 46 heavy (non-hydrogen) atoms. The van der Waals surface area contributed by atoms with Gasteiger partial charge in [-0.25, -0.2) is 9.18 Å². The van der Waals surface area contributed by atoms with Crippen LogP contribution in [0.15, 0.2) is 36.4 Å². The number of fused-ring (bicyclic) bond motifs is 5. The van der Waals surface area contributed by atoms with Crippen molar-refractivity contribution in [3.63, 3.8) is 0 Å². The number of halogens is 1. The Bertz CT molecular complexity index is 1450. The Balaban J connectivity index is 1.34. The summed E-state index contributed by atoms with van der Waals surface area (Å²) in [5.41, 5.74) is 1.37. The van der Waals surface area contributed by atoms with Crippen LogP contribution in [0.25, 0.3) is 0 Å². The minimum Gasteiger partial charge on any atom is -0.493 e. The molecule has 2 aromatic carbocycles. The van der Waals surface area contributed by atoms with E-state index in [4.69, 9.17) is 14.2 Å². The number of urea groups is 1. The van der Waals surface area contributed by atoms with Crippen LogP contribution in [0.5, 0.6) is 17.2 Å². The number of hydrogen-bond donors (Lipinski definition) is 2. The Labute approximate surface area is 268 Å². The number of amides is 5. The average molecular weight is 640 g/mol. The fourth-order valence-electron chi connectivity index (χ4n) is 6.16. The molecule has 4 bridgehead atoms. The molecule has 2 fully saturated rings. The van der Waals surface area contributed by atoms with E-state index < -0.39 is 23.9 Å². The molecule has 0 spiro atoms. The molecule has 2 saturated heterocycles. The van der Waals surface area contributed by atoms with Crippen molar-refractivity contribution in [1.82, 2.24) is 25.3 Å². The van der Waals surface area contributed by atoms with Gasteiger partial charge in [0.1, 0.15) is 17.7 Å². The summed E-state index contributed by atoms with van der Waals surface area (Å²) in [6.07, 6.45) is 1.58. The first-order chi connectivity index (χ1) is 22.1. The second kappa shape index (κ2) is 14.7. The van der Waals surface area contributed by atoms with Gasteiger partial charge in [-0.15, -0.1) is 0 Å². The van der Waals surface area contributed by atoms with E-state index in [0.29, 0.717) is 62.4 Å². The van der Waals surface area contributed by atoms with Gasteiger partial charge in [-0.2, -0.15) is 0 Å². The molecule has 248 valence electrons. The molecule has 0 aliphatic carbocycles. The summed E-state index contributed by atoms with van der Waals surface area (Å²) in [6, 6.07) is 8.90. The predicted octanol–water partition coefficient (Wildman–Crippen LogP) is 2.33. The normalized spacial score (nSPS) is 21.3. The summed E-state index contributed by atoms with van der Waals surface area (Å²) in [7, 11) is 4.92. The highest BCUT2D eigenvalue weighted by atomic mass is 19.1. The zero-order chi connectivity index (χ0) is 32.8. The van der Waals surface area contributed by atoms with Gasteiger partial charge < -0.3 is 39.5 Å². The topological polar surface area (TPSA) is 130 Å². The van der Waals surface area contributed by atoms with Crippen LogP contribution in [0.1, 0.15) is 36.8 Å². The Morgan fingerprint density at radius 1 is 0.957 bits per heavy atom. The number of ether oxygens (including phenoxy) is 3. The lowest BCUT2D eigenvalue weighted by atomic mass is 9.93. The number of carbonyl (C=O) groups is 4. The van der Waals surface area contributed by atoms with Crippen LogP contribution in [0, 0.1) is 11.7 Å². The lowest BCUT2D eigenvalue weighted by Crippen LogP contribution is -2.59. The van der Waals surface area contributed by atoms with Gasteiger partial charge in [0.2, 0.25) is 11.8 Å². The molecule has 2 N–H and O–H groups in total. The first-order valence-electron chi connectivity index (χ1n) is 15.7. The van der Waals surface area contributed by atoms with Gasteiger partial charge in [-0.05, 0) is 54.7 Å². The minimum absolute atomic E-state index is 0.0225. The van der Waals surface area contributed by atoms with E-state index in [1.54, 1.807) is 42.1 Å². The molecule has 12 nitrogen and oxygen atoms in total. The quantitative estimate of drug-likeness (QED) is 0.516. The molecule has 5 amide bonds. The SMILES string of the molecule is COc1ccc2cc1OCC(=O)N[C@@H]1CN(C(=O)C3CCN(C(=O)N(C)C)CC3)CC[C@H]1Oc1cc(F)cc(c1)CNC(=O)CC2. The van der Waals surface area contributed by atoms with Crippen molar-refractivity contribution >= 4 is 23.8 Å². The lowest BCUT2D eigenvalue weighted by Gasteiger charge is -2.41. The average Bonchev–Trinajstić information content (AvgIpc) is 3.05. The summed E-state index contributed by atoms with van der Waals surface area (Å²) in [5, 5.41) is 5.82. The van der Waals surface area contributed by atoms with Crippen molar-refractivity contribution in [2.75, 3.05) is 54.0 Å². The highest BCUT2D eigenvalue weighted by molar-refractivity contribution is 5.81. The first-order valence-corrected chi connectivity index (χ1v) is 15.7. The van der Waals surface area contributed by atoms with Gasteiger partial charge >= 0.3 is 6.03 Å². The number of likely N-dealkylation sites (tertiary alicyclic amines) is 2. The summed E-state index contributed by atoms with van der Waals surface area (Å²) >= 11 is 0. The number of methoxy groups -OCH3 is 1. The molecule has 2 aromatic rings. The van der Waals surface area contributed by atoms with Crippen LogP contribution < -0.4 is 24.8 Å². The fourth-order valence-corrected chi connectivity index (χ4v) is 6.16. The molecule has 2 atom stereocenters. The highest BCUT2D eigenvalue weighted by Crippen LogP contribution is 2.29. The third-order valence-electron chi connectivity index (χ3n) is 8.64. The number of rotatable bonds is 2. The van der Waals surface area contributed by atoms with E-state index in [-0.39, 0.29) is 55.6 Å². The molecule has 0 aromatic heterocycles. The smallest absolute Gasteiger partial charge is 0.319 e. The van der Waals surface area contributed by atoms with Crippen molar-refractivity contribution in [3.8, 4) is 17.2 Å². The third kappa shape index (κ3) is 8.18. The molecule has 3 aliphatic rings. The number of aryl methyl sites for hydroxylation is 1. The Morgan fingerprint density at radius 2 is 1.72 bits per heavy atom. The molecule has 3 aliphatic heterocycles. The van der Waals surface area contributed by atoms with Gasteiger partial charge in [-0.1, -0.05) is 6.07 Å². The highest BCUT2D eigenvalue weighted by Gasteiger charge is 2.38. The van der Waals surface area contributed by atoms with Crippen LogP contribution in [0.4, 0.5) is 9.18 Å². The number of piperidine rings is 2. The number of nitrogens with one attached hydrogen (secondary N) is 2. The van der Waals surface area contributed by atoms with Crippen LogP contribution in [-0.4, -0.2) is 105 Å². The van der Waals surface area contributed by atoms with E-state index in [2.05, 4.69) is 10.6 Å². The van der Waals surface area contributed by atoms with Gasteiger partial charge in [0.15, 0.2) is 18.1 Å². The zero-order valence-electron chi connectivity index (χ0n) is 26.6.